The summed E-state index contributed by atoms with van der Waals surface area (Å²) < 4.78 is 10.9. The minimum atomic E-state index is 0.416. The minimum Gasteiger partial charge on any atom is -0.494 e. The van der Waals surface area contributed by atoms with Crippen LogP contribution in [0.25, 0.3) is 6.08 Å². The monoisotopic (exact) mass is 216 g/mol. The van der Waals surface area contributed by atoms with Crippen LogP contribution in [0.3, 0.4) is 0 Å². The summed E-state index contributed by atoms with van der Waals surface area (Å²) in [5, 5.41) is 1.85. The maximum atomic E-state index is 10.7. The topological polar surface area (TPSA) is 49.5 Å². The number of ether oxygens (including phenoxy) is 2. The van der Waals surface area contributed by atoms with E-state index in [9.17, 15) is 4.91 Å². The summed E-state index contributed by atoms with van der Waals surface area (Å²) in [7, 11) is 5.37. The van der Waals surface area contributed by atoms with Crippen LogP contribution in [0.2, 0.25) is 6.32 Å². The molecule has 0 amide bonds. The molecule has 0 fully saturated rings. The van der Waals surface area contributed by atoms with E-state index in [0.29, 0.717) is 36.7 Å². The van der Waals surface area contributed by atoms with Gasteiger partial charge in [0.15, 0.2) is 0 Å². The molecule has 1 aromatic carbocycles. The van der Waals surface area contributed by atoms with E-state index in [1.807, 2.05) is 17.3 Å². The molecule has 4 nitrogen and oxygen atoms in total. The number of nitroso groups, excluding NO2 is 1. The van der Waals surface area contributed by atoms with E-state index in [2.05, 4.69) is 0 Å². The first-order valence-corrected chi connectivity index (χ1v) is 5.04. The molecule has 0 aromatic heterocycles. The fraction of sp³-hybridized carbons (Fsp3) is 0.273. The zero-order valence-corrected chi connectivity index (χ0v) is 8.73. The Balaban J connectivity index is 2.41. The number of hydrogen-bond acceptors (Lipinski definition) is 3. The average molecular weight is 216 g/mol. The molecule has 5 heteroatoms. The first-order valence-electron chi connectivity index (χ1n) is 5.04. The SMILES string of the molecule is [B]CCOc1ccc([NH+]=O)c2c1C=CCO2. The quantitative estimate of drug-likeness (QED) is 0.747. The van der Waals surface area contributed by atoms with Gasteiger partial charge in [-0.3, -0.25) is 0 Å². The van der Waals surface area contributed by atoms with Crippen LogP contribution in [0.1, 0.15) is 5.56 Å². The molecule has 0 spiro atoms. The van der Waals surface area contributed by atoms with Crippen LogP contribution in [0.15, 0.2) is 18.2 Å². The highest BCUT2D eigenvalue weighted by Crippen LogP contribution is 2.36. The van der Waals surface area contributed by atoms with Gasteiger partial charge >= 0.3 is 0 Å². The van der Waals surface area contributed by atoms with Crippen LogP contribution in [0, 0.1) is 4.91 Å². The third kappa shape index (κ3) is 1.93. The van der Waals surface area contributed by atoms with Gasteiger partial charge in [0.1, 0.15) is 12.4 Å². The van der Waals surface area contributed by atoms with E-state index in [0.717, 1.165) is 5.56 Å². The van der Waals surface area contributed by atoms with Gasteiger partial charge in [-0.1, -0.05) is 6.32 Å². The van der Waals surface area contributed by atoms with Crippen LogP contribution >= 0.6 is 0 Å². The summed E-state index contributed by atoms with van der Waals surface area (Å²) in [5.41, 5.74) is 1.19. The average Bonchev–Trinajstić information content (AvgIpc) is 2.36. The van der Waals surface area contributed by atoms with Crippen molar-refractivity contribution in [1.29, 1.82) is 0 Å². The fourth-order valence-corrected chi connectivity index (χ4v) is 1.57. The second-order valence-corrected chi connectivity index (χ2v) is 3.31. The standard InChI is InChI=1S/C11H10BNO3/c12-5-7-15-10-4-3-9(13-14)11-8(10)2-1-6-16-11/h1-4H,5-7H2/p+1. The molecule has 1 aliphatic rings. The summed E-state index contributed by atoms with van der Waals surface area (Å²) in [5.74, 6) is 1.21. The molecular weight excluding hydrogens is 205 g/mol. The Bertz CT molecular complexity index is 431. The summed E-state index contributed by atoms with van der Waals surface area (Å²) in [6.07, 6.45) is 4.19. The van der Waals surface area contributed by atoms with Crippen LogP contribution in [-0.4, -0.2) is 21.1 Å². The van der Waals surface area contributed by atoms with Gasteiger partial charge in [0.25, 0.3) is 5.69 Å². The molecule has 16 heavy (non-hydrogen) atoms. The van der Waals surface area contributed by atoms with E-state index in [4.69, 9.17) is 17.3 Å². The highest BCUT2D eigenvalue weighted by atomic mass is 16.5. The first kappa shape index (κ1) is 10.7. The van der Waals surface area contributed by atoms with E-state index in [1.54, 1.807) is 12.1 Å². The first-order chi connectivity index (χ1) is 7.86. The Kier molecular flexibility index (Phi) is 3.24. The highest BCUT2D eigenvalue weighted by Gasteiger charge is 2.20. The lowest BCUT2D eigenvalue weighted by Gasteiger charge is -2.15. The Morgan fingerprint density at radius 2 is 2.38 bits per heavy atom. The normalized spacial score (nSPS) is 12.8. The predicted octanol–water partition coefficient (Wildman–Crippen LogP) is 0.536. The molecule has 2 rings (SSSR count). The maximum absolute atomic E-state index is 10.7. The van der Waals surface area contributed by atoms with Crippen LogP contribution in [0.4, 0.5) is 5.69 Å². The molecule has 0 unspecified atom stereocenters. The number of hydrogen-bond donors (Lipinski definition) is 1. The van der Waals surface area contributed by atoms with Crippen molar-refractivity contribution in [1.82, 2.24) is 0 Å². The van der Waals surface area contributed by atoms with Crippen LogP contribution in [0.5, 0.6) is 11.5 Å². The van der Waals surface area contributed by atoms with Crippen molar-refractivity contribution in [2.45, 2.75) is 6.32 Å². The van der Waals surface area contributed by atoms with Crippen molar-refractivity contribution in [3.8, 4) is 11.5 Å². The summed E-state index contributed by atoms with van der Waals surface area (Å²) in [6, 6.07) is 3.37. The molecule has 1 heterocycles. The molecule has 80 valence electrons. The molecule has 1 N–H and O–H groups in total. The van der Waals surface area contributed by atoms with Gasteiger partial charge < -0.3 is 9.47 Å². The number of fused-ring (bicyclic) bond motifs is 1. The Morgan fingerprint density at radius 1 is 1.50 bits per heavy atom. The molecule has 0 saturated carbocycles. The molecule has 2 radical (unpaired) electrons. The van der Waals surface area contributed by atoms with Crippen molar-refractivity contribution in [2.75, 3.05) is 13.2 Å². The number of nitrogens with one attached hydrogen (secondary N) is 1. The highest BCUT2D eigenvalue weighted by molar-refractivity contribution is 6.08. The summed E-state index contributed by atoms with van der Waals surface area (Å²) in [6.45, 7) is 0.895. The van der Waals surface area contributed by atoms with Gasteiger partial charge in [0, 0.05) is 16.2 Å². The Labute approximate surface area is 94.6 Å². The van der Waals surface area contributed by atoms with Gasteiger partial charge in [-0.05, 0) is 18.2 Å². The summed E-state index contributed by atoms with van der Waals surface area (Å²) in [4.78, 5) is 10.7. The lowest BCUT2D eigenvalue weighted by Crippen LogP contribution is -2.56. The molecule has 0 atom stereocenters. The number of rotatable bonds is 4. The lowest BCUT2D eigenvalue weighted by atomic mass is 10.1. The molecule has 0 saturated heterocycles. The van der Waals surface area contributed by atoms with Gasteiger partial charge in [-0.2, -0.15) is 0 Å². The Morgan fingerprint density at radius 3 is 3.12 bits per heavy atom. The molecule has 0 aliphatic carbocycles. The van der Waals surface area contributed by atoms with Gasteiger partial charge in [0.05, 0.1) is 20.0 Å². The molecule has 0 bridgehead atoms. The maximum Gasteiger partial charge on any atom is 0.295 e. The van der Waals surface area contributed by atoms with Crippen molar-refractivity contribution in [3.63, 3.8) is 0 Å². The van der Waals surface area contributed by atoms with Crippen molar-refractivity contribution < 1.29 is 14.7 Å². The van der Waals surface area contributed by atoms with Crippen molar-refractivity contribution in [3.05, 3.63) is 28.7 Å². The largest absolute Gasteiger partial charge is 0.494 e. The van der Waals surface area contributed by atoms with Crippen LogP contribution in [-0.2, 0) is 0 Å². The molecule has 1 aromatic rings. The van der Waals surface area contributed by atoms with Crippen molar-refractivity contribution >= 4 is 19.6 Å². The third-order valence-electron chi connectivity index (χ3n) is 2.25. The van der Waals surface area contributed by atoms with E-state index in [-0.39, 0.29) is 0 Å². The van der Waals surface area contributed by atoms with Gasteiger partial charge in [-0.25, -0.2) is 0 Å². The smallest absolute Gasteiger partial charge is 0.295 e. The second kappa shape index (κ2) is 4.83. The van der Waals surface area contributed by atoms with E-state index in [1.165, 1.54) is 0 Å². The van der Waals surface area contributed by atoms with Crippen molar-refractivity contribution in [2.24, 2.45) is 0 Å². The predicted molar refractivity (Wildman–Crippen MR) is 61.0 cm³/mol. The third-order valence-corrected chi connectivity index (χ3v) is 2.25. The van der Waals surface area contributed by atoms with E-state index >= 15 is 0 Å². The number of benzene rings is 1. The second-order valence-electron chi connectivity index (χ2n) is 3.31. The fourth-order valence-electron chi connectivity index (χ4n) is 1.57. The minimum absolute atomic E-state index is 0.416. The van der Waals surface area contributed by atoms with Gasteiger partial charge in [0.2, 0.25) is 5.75 Å². The van der Waals surface area contributed by atoms with Crippen LogP contribution < -0.4 is 14.7 Å². The Hall–Kier alpha value is -1.78. The zero-order valence-electron chi connectivity index (χ0n) is 8.73. The van der Waals surface area contributed by atoms with E-state index < -0.39 is 0 Å². The lowest BCUT2D eigenvalue weighted by molar-refractivity contribution is -0.380. The molecular formula is C11H11BNO3+. The van der Waals surface area contributed by atoms with Gasteiger partial charge in [-0.15, -0.1) is 0 Å². The molecule has 1 aliphatic heterocycles. The summed E-state index contributed by atoms with van der Waals surface area (Å²) >= 11 is 0. The zero-order chi connectivity index (χ0) is 11.4.